The van der Waals surface area contributed by atoms with Crippen LogP contribution in [0.5, 0.6) is 0 Å². The highest BCUT2D eigenvalue weighted by atomic mass is 16.3. The van der Waals surface area contributed by atoms with Crippen LogP contribution in [-0.2, 0) is 5.60 Å². The SMILES string of the molecule is CCCC(O)(c1ccccc1)c1ccccc1C1CCC1. The first-order chi connectivity index (χ1) is 10.3. The molecule has 1 nitrogen and oxygen atoms in total. The molecule has 0 saturated heterocycles. The van der Waals surface area contributed by atoms with E-state index in [0.29, 0.717) is 5.92 Å². The summed E-state index contributed by atoms with van der Waals surface area (Å²) in [7, 11) is 0. The Morgan fingerprint density at radius 2 is 1.67 bits per heavy atom. The van der Waals surface area contributed by atoms with Gasteiger partial charge in [0.25, 0.3) is 0 Å². The van der Waals surface area contributed by atoms with Crippen molar-refractivity contribution in [3.63, 3.8) is 0 Å². The van der Waals surface area contributed by atoms with Crippen molar-refractivity contribution in [2.24, 2.45) is 0 Å². The monoisotopic (exact) mass is 280 g/mol. The number of benzene rings is 2. The average molecular weight is 280 g/mol. The van der Waals surface area contributed by atoms with E-state index in [2.05, 4.69) is 31.2 Å². The van der Waals surface area contributed by atoms with Crippen molar-refractivity contribution in [3.8, 4) is 0 Å². The third-order valence-electron chi connectivity index (χ3n) is 4.81. The van der Waals surface area contributed by atoms with Gasteiger partial charge in [-0.05, 0) is 41.9 Å². The fourth-order valence-electron chi connectivity index (χ4n) is 3.46. The van der Waals surface area contributed by atoms with Gasteiger partial charge in [-0.15, -0.1) is 0 Å². The Hall–Kier alpha value is -1.60. The van der Waals surface area contributed by atoms with Gasteiger partial charge < -0.3 is 5.11 Å². The number of rotatable bonds is 5. The summed E-state index contributed by atoms with van der Waals surface area (Å²) in [4.78, 5) is 0. The van der Waals surface area contributed by atoms with Crippen LogP contribution in [0, 0.1) is 0 Å². The predicted molar refractivity (Wildman–Crippen MR) is 87.4 cm³/mol. The zero-order chi connectivity index (χ0) is 14.7. The molecule has 1 N–H and O–H groups in total. The molecular weight excluding hydrogens is 256 g/mol. The molecule has 3 rings (SSSR count). The van der Waals surface area contributed by atoms with E-state index in [1.54, 1.807) is 0 Å². The molecule has 1 atom stereocenters. The van der Waals surface area contributed by atoms with Crippen molar-refractivity contribution in [1.29, 1.82) is 0 Å². The van der Waals surface area contributed by atoms with Crippen LogP contribution in [0.15, 0.2) is 54.6 Å². The minimum Gasteiger partial charge on any atom is -0.380 e. The summed E-state index contributed by atoms with van der Waals surface area (Å²) < 4.78 is 0. The molecular formula is C20H24O. The van der Waals surface area contributed by atoms with E-state index < -0.39 is 5.60 Å². The second kappa shape index (κ2) is 6.03. The molecule has 0 aliphatic heterocycles. The second-order valence-electron chi connectivity index (χ2n) is 6.19. The number of hydrogen-bond acceptors (Lipinski definition) is 1. The molecule has 0 aromatic heterocycles. The standard InChI is InChI=1S/C20H24O/c1-2-15-20(21,17-11-4-3-5-12-17)19-14-7-6-13-18(19)16-9-8-10-16/h3-7,11-14,16,21H,2,8-10,15H2,1H3. The first-order valence-corrected chi connectivity index (χ1v) is 8.13. The lowest BCUT2D eigenvalue weighted by Crippen LogP contribution is -2.30. The molecule has 2 aromatic carbocycles. The van der Waals surface area contributed by atoms with E-state index in [-0.39, 0.29) is 0 Å². The molecule has 1 fully saturated rings. The van der Waals surface area contributed by atoms with Gasteiger partial charge in [0.15, 0.2) is 0 Å². The van der Waals surface area contributed by atoms with Gasteiger partial charge in [-0.3, -0.25) is 0 Å². The molecule has 0 amide bonds. The number of hydrogen-bond donors (Lipinski definition) is 1. The summed E-state index contributed by atoms with van der Waals surface area (Å²) in [5.41, 5.74) is 2.62. The van der Waals surface area contributed by atoms with Crippen LogP contribution in [0.3, 0.4) is 0 Å². The fraction of sp³-hybridized carbons (Fsp3) is 0.400. The maximum atomic E-state index is 11.5. The summed E-state index contributed by atoms with van der Waals surface area (Å²) >= 11 is 0. The lowest BCUT2D eigenvalue weighted by Gasteiger charge is -2.35. The normalized spacial score (nSPS) is 18.0. The molecule has 1 aliphatic rings. The van der Waals surface area contributed by atoms with Crippen LogP contribution in [0.1, 0.15) is 61.6 Å². The summed E-state index contributed by atoms with van der Waals surface area (Å²) in [6, 6.07) is 18.6. The largest absolute Gasteiger partial charge is 0.380 e. The molecule has 0 spiro atoms. The molecule has 1 unspecified atom stereocenters. The van der Waals surface area contributed by atoms with E-state index in [1.165, 1.54) is 24.8 Å². The van der Waals surface area contributed by atoms with Gasteiger partial charge >= 0.3 is 0 Å². The van der Waals surface area contributed by atoms with Crippen LogP contribution >= 0.6 is 0 Å². The highest BCUT2D eigenvalue weighted by molar-refractivity contribution is 5.43. The predicted octanol–water partition coefficient (Wildman–Crippen LogP) is 4.99. The molecule has 1 saturated carbocycles. The zero-order valence-electron chi connectivity index (χ0n) is 12.8. The minimum absolute atomic E-state index is 0.633. The molecule has 0 heterocycles. The highest BCUT2D eigenvalue weighted by Gasteiger charge is 2.35. The first kappa shape index (κ1) is 14.3. The van der Waals surface area contributed by atoms with Crippen molar-refractivity contribution in [3.05, 3.63) is 71.3 Å². The quantitative estimate of drug-likeness (QED) is 0.818. The van der Waals surface area contributed by atoms with Crippen molar-refractivity contribution in [1.82, 2.24) is 0 Å². The first-order valence-electron chi connectivity index (χ1n) is 8.13. The Kier molecular flexibility index (Phi) is 4.12. The molecule has 1 heteroatoms. The summed E-state index contributed by atoms with van der Waals surface area (Å²) in [6.07, 6.45) is 5.56. The van der Waals surface area contributed by atoms with Gasteiger partial charge in [-0.1, -0.05) is 74.4 Å². The zero-order valence-corrected chi connectivity index (χ0v) is 12.8. The summed E-state index contributed by atoms with van der Waals surface area (Å²) in [6.45, 7) is 2.14. The Labute approximate surface area is 127 Å². The molecule has 2 aromatic rings. The fourth-order valence-corrected chi connectivity index (χ4v) is 3.46. The van der Waals surface area contributed by atoms with E-state index >= 15 is 0 Å². The molecule has 0 radical (unpaired) electrons. The lowest BCUT2D eigenvalue weighted by atomic mass is 9.72. The van der Waals surface area contributed by atoms with Gasteiger partial charge in [0.1, 0.15) is 5.60 Å². The average Bonchev–Trinajstić information content (AvgIpc) is 2.47. The molecule has 1 aliphatic carbocycles. The van der Waals surface area contributed by atoms with Crippen molar-refractivity contribution in [2.45, 2.75) is 50.5 Å². The summed E-state index contributed by atoms with van der Waals surface area (Å²) in [5, 5.41) is 11.5. The smallest absolute Gasteiger partial charge is 0.115 e. The molecule has 110 valence electrons. The third kappa shape index (κ3) is 2.63. The van der Waals surface area contributed by atoms with Crippen molar-refractivity contribution < 1.29 is 5.11 Å². The van der Waals surface area contributed by atoms with Gasteiger partial charge in [0.2, 0.25) is 0 Å². The van der Waals surface area contributed by atoms with E-state index in [4.69, 9.17) is 0 Å². The lowest BCUT2D eigenvalue weighted by molar-refractivity contribution is 0.0683. The van der Waals surface area contributed by atoms with Gasteiger partial charge in [-0.2, -0.15) is 0 Å². The van der Waals surface area contributed by atoms with Crippen LogP contribution in [0.2, 0.25) is 0 Å². The third-order valence-corrected chi connectivity index (χ3v) is 4.81. The van der Waals surface area contributed by atoms with Crippen molar-refractivity contribution in [2.75, 3.05) is 0 Å². The number of aliphatic hydroxyl groups is 1. The maximum Gasteiger partial charge on any atom is 0.115 e. The topological polar surface area (TPSA) is 20.2 Å². The minimum atomic E-state index is -0.859. The van der Waals surface area contributed by atoms with Gasteiger partial charge in [0.05, 0.1) is 0 Å². The van der Waals surface area contributed by atoms with Crippen molar-refractivity contribution >= 4 is 0 Å². The highest BCUT2D eigenvalue weighted by Crippen LogP contribution is 2.44. The Balaban J connectivity index is 2.09. The Morgan fingerprint density at radius 3 is 2.29 bits per heavy atom. The maximum absolute atomic E-state index is 11.5. The van der Waals surface area contributed by atoms with Gasteiger partial charge in [0, 0.05) is 0 Å². The summed E-state index contributed by atoms with van der Waals surface area (Å²) in [5.74, 6) is 0.633. The van der Waals surface area contributed by atoms with E-state index in [0.717, 1.165) is 24.0 Å². The second-order valence-corrected chi connectivity index (χ2v) is 6.19. The molecule has 0 bridgehead atoms. The Morgan fingerprint density at radius 1 is 1.00 bits per heavy atom. The van der Waals surface area contributed by atoms with E-state index in [9.17, 15) is 5.11 Å². The molecule has 21 heavy (non-hydrogen) atoms. The van der Waals surface area contributed by atoms with Crippen LogP contribution in [0.25, 0.3) is 0 Å². The van der Waals surface area contributed by atoms with Crippen LogP contribution < -0.4 is 0 Å². The van der Waals surface area contributed by atoms with Crippen LogP contribution in [0.4, 0.5) is 0 Å². The van der Waals surface area contributed by atoms with Gasteiger partial charge in [-0.25, -0.2) is 0 Å². The van der Waals surface area contributed by atoms with Crippen LogP contribution in [-0.4, -0.2) is 5.11 Å². The van der Waals surface area contributed by atoms with E-state index in [1.807, 2.05) is 30.3 Å². The Bertz CT molecular complexity index is 586.